The zero-order valence-electron chi connectivity index (χ0n) is 21.1. The Hall–Kier alpha value is -3.24. The summed E-state index contributed by atoms with van der Waals surface area (Å²) in [4.78, 5) is 6.00. The lowest BCUT2D eigenvalue weighted by atomic mass is 10.1. The van der Waals surface area contributed by atoms with Gasteiger partial charge in [-0.15, -0.1) is 11.3 Å². The van der Waals surface area contributed by atoms with Gasteiger partial charge in [0.15, 0.2) is 4.96 Å². The standard InChI is InChI=1S/C29H29N3O4S2/c1-35-25-10-12-27(13-11-25)38(33,34)31(18-26-7-4-16-36-26)15-14-24-20-37-29-30-28(19-32(24)29)23-9-8-21-5-2-3-6-22(21)17-23/h2-3,5-6,8-13,17,19-20,26H,4,7,14-16,18H2,1H3. The van der Waals surface area contributed by atoms with E-state index in [1.54, 1.807) is 47.0 Å². The maximum absolute atomic E-state index is 13.7. The highest BCUT2D eigenvalue weighted by molar-refractivity contribution is 7.89. The molecule has 2 aromatic heterocycles. The van der Waals surface area contributed by atoms with Gasteiger partial charge in [0.25, 0.3) is 0 Å². The molecule has 0 saturated carbocycles. The SMILES string of the molecule is COc1ccc(S(=O)(=O)N(CCc2csc3nc(-c4ccc5ccccc5c4)cn23)CC2CCCO2)cc1. The van der Waals surface area contributed by atoms with Gasteiger partial charge in [-0.3, -0.25) is 4.40 Å². The van der Waals surface area contributed by atoms with Gasteiger partial charge < -0.3 is 9.47 Å². The average molecular weight is 548 g/mol. The number of aromatic nitrogens is 2. The Labute approximate surface area is 226 Å². The number of sulfonamides is 1. The van der Waals surface area contributed by atoms with Gasteiger partial charge in [0, 0.05) is 49.0 Å². The van der Waals surface area contributed by atoms with Crippen LogP contribution in [0.5, 0.6) is 5.75 Å². The quantitative estimate of drug-likeness (QED) is 0.239. The van der Waals surface area contributed by atoms with Crippen LogP contribution in [0.4, 0.5) is 0 Å². The summed E-state index contributed by atoms with van der Waals surface area (Å²) in [5, 5.41) is 4.44. The molecule has 3 heterocycles. The van der Waals surface area contributed by atoms with E-state index in [0.717, 1.165) is 34.8 Å². The Bertz CT molecular complexity index is 1670. The number of hydrogen-bond donors (Lipinski definition) is 0. The van der Waals surface area contributed by atoms with Crippen molar-refractivity contribution in [3.8, 4) is 17.0 Å². The fourth-order valence-corrected chi connectivity index (χ4v) is 7.34. The highest BCUT2D eigenvalue weighted by Gasteiger charge is 2.29. The summed E-state index contributed by atoms with van der Waals surface area (Å²) in [6, 6.07) is 21.2. The molecular weight excluding hydrogens is 518 g/mol. The Morgan fingerprint density at radius 3 is 2.68 bits per heavy atom. The summed E-state index contributed by atoms with van der Waals surface area (Å²) in [5.74, 6) is 0.623. The van der Waals surface area contributed by atoms with Crippen molar-refractivity contribution in [1.29, 1.82) is 0 Å². The van der Waals surface area contributed by atoms with Gasteiger partial charge in [-0.25, -0.2) is 13.4 Å². The molecule has 0 N–H and O–H groups in total. The molecular formula is C29H29N3O4S2. The number of rotatable bonds is 9. The van der Waals surface area contributed by atoms with Crippen molar-refractivity contribution in [2.24, 2.45) is 0 Å². The van der Waals surface area contributed by atoms with Crippen LogP contribution in [-0.2, 0) is 21.2 Å². The molecule has 0 bridgehead atoms. The van der Waals surface area contributed by atoms with Crippen LogP contribution in [0.25, 0.3) is 27.0 Å². The first-order valence-electron chi connectivity index (χ1n) is 12.7. The molecule has 1 unspecified atom stereocenters. The second-order valence-corrected chi connectivity index (χ2v) is 12.3. The van der Waals surface area contributed by atoms with Gasteiger partial charge >= 0.3 is 0 Å². The lowest BCUT2D eigenvalue weighted by Crippen LogP contribution is -2.38. The molecule has 9 heteroatoms. The first kappa shape index (κ1) is 25.1. The van der Waals surface area contributed by atoms with E-state index in [2.05, 4.69) is 40.1 Å². The van der Waals surface area contributed by atoms with E-state index >= 15 is 0 Å². The molecule has 7 nitrogen and oxygen atoms in total. The molecule has 38 heavy (non-hydrogen) atoms. The summed E-state index contributed by atoms with van der Waals surface area (Å²) in [5.41, 5.74) is 3.00. The van der Waals surface area contributed by atoms with E-state index in [0.29, 0.717) is 31.9 Å². The number of fused-ring (bicyclic) bond motifs is 2. The van der Waals surface area contributed by atoms with E-state index in [1.165, 1.54) is 10.8 Å². The van der Waals surface area contributed by atoms with Gasteiger partial charge in [0.2, 0.25) is 10.0 Å². The molecule has 0 amide bonds. The van der Waals surface area contributed by atoms with E-state index in [9.17, 15) is 8.42 Å². The maximum atomic E-state index is 13.7. The summed E-state index contributed by atoms with van der Waals surface area (Å²) in [6.45, 7) is 1.37. The first-order valence-corrected chi connectivity index (χ1v) is 15.0. The Kier molecular flexibility index (Phi) is 6.92. The zero-order valence-corrected chi connectivity index (χ0v) is 22.7. The smallest absolute Gasteiger partial charge is 0.243 e. The van der Waals surface area contributed by atoms with Crippen molar-refractivity contribution < 1.29 is 17.9 Å². The minimum Gasteiger partial charge on any atom is -0.497 e. The van der Waals surface area contributed by atoms with Crippen molar-refractivity contribution in [1.82, 2.24) is 13.7 Å². The fourth-order valence-electron chi connectivity index (χ4n) is 4.96. The lowest BCUT2D eigenvalue weighted by molar-refractivity contribution is 0.0939. The Balaban J connectivity index is 1.26. The normalized spacial score (nSPS) is 16.1. The van der Waals surface area contributed by atoms with Crippen molar-refractivity contribution in [2.45, 2.75) is 30.3 Å². The topological polar surface area (TPSA) is 73.1 Å². The van der Waals surface area contributed by atoms with E-state index < -0.39 is 10.0 Å². The summed E-state index contributed by atoms with van der Waals surface area (Å²) in [7, 11) is -2.14. The number of ether oxygens (including phenoxy) is 2. The molecule has 196 valence electrons. The molecule has 5 aromatic rings. The van der Waals surface area contributed by atoms with Crippen LogP contribution in [0, 0.1) is 0 Å². The number of methoxy groups -OCH3 is 1. The van der Waals surface area contributed by atoms with Crippen LogP contribution >= 0.6 is 11.3 Å². The predicted molar refractivity (Wildman–Crippen MR) is 150 cm³/mol. The van der Waals surface area contributed by atoms with Gasteiger partial charge in [-0.05, 0) is 53.9 Å². The largest absolute Gasteiger partial charge is 0.497 e. The first-order chi connectivity index (χ1) is 18.5. The zero-order chi connectivity index (χ0) is 26.1. The number of thiazole rings is 1. The second-order valence-electron chi connectivity index (χ2n) is 9.49. The van der Waals surface area contributed by atoms with Crippen LogP contribution in [-0.4, -0.2) is 55.0 Å². The second kappa shape index (κ2) is 10.5. The third kappa shape index (κ3) is 4.94. The number of nitrogens with zero attached hydrogens (tertiary/aromatic N) is 3. The molecule has 3 aromatic carbocycles. The predicted octanol–water partition coefficient (Wildman–Crippen LogP) is 5.64. The molecule has 1 atom stereocenters. The van der Waals surface area contributed by atoms with Crippen LogP contribution in [0.3, 0.4) is 0 Å². The van der Waals surface area contributed by atoms with Gasteiger partial charge in [-0.1, -0.05) is 36.4 Å². The van der Waals surface area contributed by atoms with Crippen LogP contribution in [0.2, 0.25) is 0 Å². The van der Waals surface area contributed by atoms with Crippen molar-refractivity contribution in [3.05, 3.63) is 84.0 Å². The monoisotopic (exact) mass is 547 g/mol. The van der Waals surface area contributed by atoms with Crippen molar-refractivity contribution in [2.75, 3.05) is 26.8 Å². The molecule has 1 saturated heterocycles. The van der Waals surface area contributed by atoms with Crippen molar-refractivity contribution in [3.63, 3.8) is 0 Å². The van der Waals surface area contributed by atoms with E-state index in [1.807, 2.05) is 18.3 Å². The molecule has 1 fully saturated rings. The van der Waals surface area contributed by atoms with E-state index in [-0.39, 0.29) is 11.0 Å². The van der Waals surface area contributed by atoms with Crippen LogP contribution in [0.1, 0.15) is 18.5 Å². The number of benzene rings is 3. The molecule has 0 radical (unpaired) electrons. The maximum Gasteiger partial charge on any atom is 0.243 e. The van der Waals surface area contributed by atoms with Gasteiger partial charge in [0.1, 0.15) is 5.75 Å². The molecule has 1 aliphatic heterocycles. The molecule has 0 spiro atoms. The van der Waals surface area contributed by atoms with Crippen LogP contribution in [0.15, 0.2) is 83.2 Å². The number of imidazole rings is 1. The highest BCUT2D eigenvalue weighted by Crippen LogP contribution is 2.28. The van der Waals surface area contributed by atoms with E-state index in [4.69, 9.17) is 14.5 Å². The highest BCUT2D eigenvalue weighted by atomic mass is 32.2. The summed E-state index contributed by atoms with van der Waals surface area (Å²) >= 11 is 1.57. The molecule has 6 rings (SSSR count). The van der Waals surface area contributed by atoms with Crippen molar-refractivity contribution >= 4 is 37.1 Å². The molecule has 1 aliphatic rings. The number of hydrogen-bond acceptors (Lipinski definition) is 6. The van der Waals surface area contributed by atoms with Gasteiger partial charge in [-0.2, -0.15) is 4.31 Å². The minimum atomic E-state index is -3.70. The Morgan fingerprint density at radius 1 is 1.11 bits per heavy atom. The summed E-state index contributed by atoms with van der Waals surface area (Å²) in [6.07, 6.45) is 4.36. The third-order valence-corrected chi connectivity index (χ3v) is 9.84. The third-order valence-electron chi connectivity index (χ3n) is 7.07. The summed E-state index contributed by atoms with van der Waals surface area (Å²) < 4.78 is 42.0. The molecule has 0 aliphatic carbocycles. The average Bonchev–Trinajstić information content (AvgIpc) is 3.69. The lowest BCUT2D eigenvalue weighted by Gasteiger charge is -2.25. The fraction of sp³-hybridized carbons (Fsp3) is 0.276. The van der Waals surface area contributed by atoms with Crippen LogP contribution < -0.4 is 4.74 Å². The minimum absolute atomic E-state index is 0.0849. The van der Waals surface area contributed by atoms with Gasteiger partial charge in [0.05, 0.1) is 23.8 Å². The Morgan fingerprint density at radius 2 is 1.92 bits per heavy atom.